The topological polar surface area (TPSA) is 23.8 Å². The molecular weight excluding hydrogens is 520 g/mol. The van der Waals surface area contributed by atoms with Crippen LogP contribution in [0.3, 0.4) is 0 Å². The molecular formula is C17H23NS2Sn2. The van der Waals surface area contributed by atoms with E-state index in [1.54, 1.807) is 2.89 Å². The second kappa shape index (κ2) is 7.00. The first-order chi connectivity index (χ1) is 10.1. The van der Waals surface area contributed by atoms with Gasteiger partial charge >= 0.3 is 152 Å². The Kier molecular flexibility index (Phi) is 5.91. The number of rotatable bonds is 4. The first-order valence-corrected chi connectivity index (χ1v) is 29.1. The van der Waals surface area contributed by atoms with Crippen molar-refractivity contribution in [3.63, 3.8) is 0 Å². The van der Waals surface area contributed by atoms with Crippen LogP contribution in [0.5, 0.6) is 0 Å². The zero-order valence-corrected chi connectivity index (χ0v) is 21.5. The summed E-state index contributed by atoms with van der Waals surface area (Å²) in [5.74, 6) is 0. The van der Waals surface area contributed by atoms with Crippen LogP contribution in [0, 0.1) is 11.3 Å². The zero-order chi connectivity index (χ0) is 16.5. The fraction of sp³-hybridized carbons (Fsp3) is 0.353. The van der Waals surface area contributed by atoms with Crippen LogP contribution in [0.4, 0.5) is 0 Å². The van der Waals surface area contributed by atoms with Crippen molar-refractivity contribution in [2.24, 2.45) is 0 Å². The van der Waals surface area contributed by atoms with Gasteiger partial charge in [-0.15, -0.1) is 0 Å². The van der Waals surface area contributed by atoms with Crippen molar-refractivity contribution in [2.75, 3.05) is 0 Å². The number of hydrogen-bond acceptors (Lipinski definition) is 3. The second-order valence-corrected chi connectivity index (χ2v) is 40.6. The summed E-state index contributed by atoms with van der Waals surface area (Å²) in [6.07, 6.45) is 2.07. The number of nitrogens with zero attached hydrogens (tertiary/aromatic N) is 1. The van der Waals surface area contributed by atoms with Crippen molar-refractivity contribution < 1.29 is 0 Å². The first kappa shape index (κ1) is 18.6. The Morgan fingerprint density at radius 3 is 1.91 bits per heavy atom. The van der Waals surface area contributed by atoms with Crippen LogP contribution in [0.1, 0.15) is 9.75 Å². The Labute approximate surface area is 150 Å². The third-order valence-electron chi connectivity index (χ3n) is 3.38. The molecule has 0 aliphatic rings. The SMILES string of the molecule is [CH3][Sn]([CH3])([CH3])[c]1ccc(/C=C(/C#N)c2cc[c]([Sn]([CH3])([CH3])[CH3])s2)s1. The summed E-state index contributed by atoms with van der Waals surface area (Å²) in [5, 5.41) is 9.54. The summed E-state index contributed by atoms with van der Waals surface area (Å²) in [4.78, 5) is 16.9. The van der Waals surface area contributed by atoms with E-state index in [0.717, 1.165) is 10.5 Å². The molecule has 0 N–H and O–H groups in total. The van der Waals surface area contributed by atoms with Gasteiger partial charge in [0.1, 0.15) is 0 Å². The van der Waals surface area contributed by atoms with Crippen LogP contribution in [0.2, 0.25) is 29.6 Å². The molecule has 2 aromatic rings. The van der Waals surface area contributed by atoms with Gasteiger partial charge in [-0.3, -0.25) is 0 Å². The fourth-order valence-corrected chi connectivity index (χ4v) is 14.6. The van der Waals surface area contributed by atoms with E-state index < -0.39 is 36.8 Å². The van der Waals surface area contributed by atoms with Gasteiger partial charge in [-0.1, -0.05) is 0 Å². The third kappa shape index (κ3) is 4.62. The normalized spacial score (nSPS) is 13.2. The molecule has 0 fully saturated rings. The molecule has 0 amide bonds. The van der Waals surface area contributed by atoms with Crippen molar-refractivity contribution in [1.82, 2.24) is 0 Å². The average Bonchev–Trinajstić information content (AvgIpc) is 3.03. The summed E-state index contributed by atoms with van der Waals surface area (Å²) < 4.78 is 3.10. The summed E-state index contributed by atoms with van der Waals surface area (Å²) in [7, 11) is 0. The van der Waals surface area contributed by atoms with Gasteiger partial charge in [-0.25, -0.2) is 0 Å². The maximum absolute atomic E-state index is 9.54. The average molecular weight is 543 g/mol. The van der Waals surface area contributed by atoms with Crippen molar-refractivity contribution in [3.05, 3.63) is 34.0 Å². The summed E-state index contributed by atoms with van der Waals surface area (Å²) in [6, 6.07) is 11.2. The van der Waals surface area contributed by atoms with Crippen molar-refractivity contribution >= 4 is 76.9 Å². The van der Waals surface area contributed by atoms with E-state index in [0.29, 0.717) is 0 Å². The van der Waals surface area contributed by atoms with Crippen molar-refractivity contribution in [3.8, 4) is 6.07 Å². The van der Waals surface area contributed by atoms with Crippen LogP contribution >= 0.6 is 22.7 Å². The predicted octanol–water partition coefficient (Wildman–Crippen LogP) is 4.96. The van der Waals surface area contributed by atoms with Crippen LogP contribution < -0.4 is 5.79 Å². The fourth-order valence-electron chi connectivity index (χ4n) is 2.02. The van der Waals surface area contributed by atoms with Gasteiger partial charge in [0.05, 0.1) is 0 Å². The molecule has 2 rings (SSSR count). The molecule has 0 saturated carbocycles. The molecule has 0 saturated heterocycles. The summed E-state index contributed by atoms with van der Waals surface area (Å²) in [6.45, 7) is 0. The monoisotopic (exact) mass is 545 g/mol. The number of thiophene rings is 2. The van der Waals surface area contributed by atoms with Crippen molar-refractivity contribution in [1.29, 1.82) is 5.26 Å². The Hall–Kier alpha value is 0.227. The zero-order valence-electron chi connectivity index (χ0n) is 14.2. The van der Waals surface area contributed by atoms with Gasteiger partial charge in [-0.05, 0) is 0 Å². The molecule has 5 heteroatoms. The maximum atomic E-state index is 9.54. The number of hydrogen-bond donors (Lipinski definition) is 0. The number of nitriles is 1. The molecule has 2 aromatic heterocycles. The Balaban J connectivity index is 2.34. The van der Waals surface area contributed by atoms with Gasteiger partial charge in [-0.2, -0.15) is 0 Å². The van der Waals surface area contributed by atoms with Gasteiger partial charge in [0.25, 0.3) is 0 Å². The molecule has 0 radical (unpaired) electrons. The van der Waals surface area contributed by atoms with E-state index >= 15 is 0 Å². The minimum atomic E-state index is -2.02. The molecule has 0 aliphatic carbocycles. The second-order valence-electron chi connectivity index (χ2n) is 7.54. The molecule has 0 spiro atoms. The molecule has 0 atom stereocenters. The standard InChI is InChI=1S/C11H5NS2.6CH3.2Sn/c12-8-9(11-4-2-6-14-11)7-10-3-1-5-13-10;;;;;;;;/h1-4,7H;6*1H3;;/b9-7-;;;;;;;;. The first-order valence-electron chi connectivity index (χ1n) is 7.44. The molecule has 0 aromatic carbocycles. The van der Waals surface area contributed by atoms with E-state index in [-0.39, 0.29) is 0 Å². The van der Waals surface area contributed by atoms with E-state index in [9.17, 15) is 5.26 Å². The van der Waals surface area contributed by atoms with E-state index in [1.807, 2.05) is 22.7 Å². The van der Waals surface area contributed by atoms with Gasteiger partial charge in [0.15, 0.2) is 0 Å². The van der Waals surface area contributed by atoms with E-state index in [1.165, 1.54) is 7.77 Å². The van der Waals surface area contributed by atoms with Gasteiger partial charge in [0, 0.05) is 0 Å². The molecule has 22 heavy (non-hydrogen) atoms. The van der Waals surface area contributed by atoms with Gasteiger partial charge < -0.3 is 0 Å². The van der Waals surface area contributed by atoms with Crippen LogP contribution in [-0.4, -0.2) is 36.8 Å². The quantitative estimate of drug-likeness (QED) is 0.396. The Morgan fingerprint density at radius 1 is 0.909 bits per heavy atom. The van der Waals surface area contributed by atoms with Crippen molar-refractivity contribution in [2.45, 2.75) is 29.6 Å². The summed E-state index contributed by atoms with van der Waals surface area (Å²) in [5.41, 5.74) is 0.810. The molecule has 0 aliphatic heterocycles. The van der Waals surface area contributed by atoms with Crippen LogP contribution in [-0.2, 0) is 0 Å². The molecule has 0 bridgehead atoms. The molecule has 2 heterocycles. The molecule has 1 nitrogen and oxygen atoms in total. The Morgan fingerprint density at radius 2 is 1.45 bits per heavy atom. The molecule has 0 unspecified atom stereocenters. The number of allylic oxidation sites excluding steroid dienone is 1. The third-order valence-corrected chi connectivity index (χ3v) is 24.5. The predicted molar refractivity (Wildman–Crippen MR) is 108 cm³/mol. The summed E-state index contributed by atoms with van der Waals surface area (Å²) >= 11 is -0.310. The van der Waals surface area contributed by atoms with Crippen LogP contribution in [0.25, 0.3) is 11.6 Å². The van der Waals surface area contributed by atoms with Crippen LogP contribution in [0.15, 0.2) is 24.3 Å². The Bertz CT molecular complexity index is 734. The van der Waals surface area contributed by atoms with Gasteiger partial charge in [0.2, 0.25) is 0 Å². The van der Waals surface area contributed by atoms with E-state index in [2.05, 4.69) is 66.0 Å². The minimum absolute atomic E-state index is 0.810. The van der Waals surface area contributed by atoms with E-state index in [4.69, 9.17) is 0 Å². The molecule has 116 valence electrons.